The van der Waals surface area contributed by atoms with E-state index in [9.17, 15) is 14.0 Å². The first-order valence-corrected chi connectivity index (χ1v) is 9.63. The minimum atomic E-state index is -0.365. The van der Waals surface area contributed by atoms with Crippen molar-refractivity contribution in [2.75, 3.05) is 18.8 Å². The molecule has 0 aromatic heterocycles. The second kappa shape index (κ2) is 7.26. The number of carbonyl (C=O) groups excluding carboxylic acids is 2. The van der Waals surface area contributed by atoms with Crippen molar-refractivity contribution in [2.45, 2.75) is 32.2 Å². The van der Waals surface area contributed by atoms with Crippen LogP contribution in [0.15, 0.2) is 42.5 Å². The number of benzene rings is 2. The molecule has 0 unspecified atom stereocenters. The molecule has 5 nitrogen and oxygen atoms in total. The largest absolute Gasteiger partial charge is 0.399 e. The smallest absolute Gasteiger partial charge is 0.317 e. The van der Waals surface area contributed by atoms with Gasteiger partial charge in [0.25, 0.3) is 0 Å². The summed E-state index contributed by atoms with van der Waals surface area (Å²) in [5.41, 5.74) is 8.71. The molecule has 1 spiro atoms. The first-order valence-electron chi connectivity index (χ1n) is 9.63. The van der Waals surface area contributed by atoms with E-state index in [2.05, 4.69) is 5.32 Å². The maximum atomic E-state index is 13.4. The van der Waals surface area contributed by atoms with E-state index in [1.165, 1.54) is 12.1 Å². The molecule has 6 heteroatoms. The molecule has 1 saturated heterocycles. The highest BCUT2D eigenvalue weighted by Gasteiger charge is 2.41. The van der Waals surface area contributed by atoms with Crippen LogP contribution in [0.4, 0.5) is 14.9 Å². The van der Waals surface area contributed by atoms with Gasteiger partial charge in [0.05, 0.1) is 0 Å². The molecule has 0 radical (unpaired) electrons. The highest BCUT2D eigenvalue weighted by molar-refractivity contribution is 5.99. The Morgan fingerprint density at radius 1 is 1.11 bits per heavy atom. The lowest BCUT2D eigenvalue weighted by atomic mass is 9.66. The highest BCUT2D eigenvalue weighted by atomic mass is 19.1. The summed E-state index contributed by atoms with van der Waals surface area (Å²) >= 11 is 0. The van der Waals surface area contributed by atoms with Gasteiger partial charge in [-0.2, -0.15) is 0 Å². The van der Waals surface area contributed by atoms with Gasteiger partial charge in [-0.3, -0.25) is 4.79 Å². The molecule has 4 rings (SSSR count). The topological polar surface area (TPSA) is 75.4 Å². The van der Waals surface area contributed by atoms with Gasteiger partial charge in [0.1, 0.15) is 5.82 Å². The predicted molar refractivity (Wildman–Crippen MR) is 105 cm³/mol. The van der Waals surface area contributed by atoms with E-state index in [1.54, 1.807) is 6.07 Å². The predicted octanol–water partition coefficient (Wildman–Crippen LogP) is 3.53. The lowest BCUT2D eigenvalue weighted by molar-refractivity contribution is 0.0735. The summed E-state index contributed by atoms with van der Waals surface area (Å²) in [6, 6.07) is 11.8. The third-order valence-corrected chi connectivity index (χ3v) is 6.01. The lowest BCUT2D eigenvalue weighted by Gasteiger charge is -2.44. The minimum absolute atomic E-state index is 0.0157. The number of halogens is 1. The Morgan fingerprint density at radius 2 is 1.82 bits per heavy atom. The van der Waals surface area contributed by atoms with Crippen LogP contribution in [-0.2, 0) is 13.0 Å². The Labute approximate surface area is 163 Å². The Balaban J connectivity index is 1.35. The number of nitrogens with zero attached hydrogens (tertiary/aromatic N) is 1. The third kappa shape index (κ3) is 3.72. The fourth-order valence-electron chi connectivity index (χ4n) is 4.33. The van der Waals surface area contributed by atoms with Crippen LogP contribution in [-0.4, -0.2) is 29.8 Å². The molecule has 0 saturated carbocycles. The van der Waals surface area contributed by atoms with Gasteiger partial charge < -0.3 is 16.0 Å². The van der Waals surface area contributed by atoms with Gasteiger partial charge in [0.2, 0.25) is 0 Å². The second-order valence-electron chi connectivity index (χ2n) is 7.97. The molecule has 146 valence electrons. The van der Waals surface area contributed by atoms with Crippen molar-refractivity contribution in [1.29, 1.82) is 0 Å². The molecule has 3 N–H and O–H groups in total. The number of likely N-dealkylation sites (tertiary alicyclic amines) is 1. The van der Waals surface area contributed by atoms with Gasteiger partial charge in [-0.25, -0.2) is 9.18 Å². The second-order valence-corrected chi connectivity index (χ2v) is 7.97. The zero-order chi connectivity index (χ0) is 19.7. The van der Waals surface area contributed by atoms with Crippen LogP contribution in [0.25, 0.3) is 0 Å². The Kier molecular flexibility index (Phi) is 4.79. The van der Waals surface area contributed by atoms with Gasteiger partial charge in [-0.15, -0.1) is 0 Å². The molecular formula is C22H24FN3O2. The monoisotopic (exact) mass is 381 g/mol. The van der Waals surface area contributed by atoms with Crippen LogP contribution in [0.3, 0.4) is 0 Å². The number of ketones is 1. The molecule has 2 amide bonds. The number of nitrogens with two attached hydrogens (primary N) is 1. The number of hydrogen-bond acceptors (Lipinski definition) is 3. The Hall–Kier alpha value is -2.89. The molecule has 1 fully saturated rings. The number of hydrogen-bond donors (Lipinski definition) is 2. The van der Waals surface area contributed by atoms with E-state index in [1.807, 2.05) is 29.2 Å². The van der Waals surface area contributed by atoms with Crippen molar-refractivity contribution in [3.63, 3.8) is 0 Å². The van der Waals surface area contributed by atoms with Crippen LogP contribution >= 0.6 is 0 Å². The lowest BCUT2D eigenvalue weighted by Crippen LogP contribution is -2.49. The fourth-order valence-corrected chi connectivity index (χ4v) is 4.33. The zero-order valence-corrected chi connectivity index (χ0v) is 15.7. The average molecular weight is 381 g/mol. The van der Waals surface area contributed by atoms with Crippen LogP contribution < -0.4 is 11.1 Å². The highest BCUT2D eigenvalue weighted by Crippen LogP contribution is 2.43. The van der Waals surface area contributed by atoms with Crippen molar-refractivity contribution < 1.29 is 14.0 Å². The van der Waals surface area contributed by atoms with Crippen molar-refractivity contribution in [1.82, 2.24) is 10.2 Å². The first-order chi connectivity index (χ1) is 13.4. The minimum Gasteiger partial charge on any atom is -0.399 e. The number of carbonyl (C=O) groups is 2. The molecule has 1 aliphatic heterocycles. The van der Waals surface area contributed by atoms with Gasteiger partial charge in [0.15, 0.2) is 5.78 Å². The molecule has 1 heterocycles. The molecule has 2 aliphatic rings. The maximum Gasteiger partial charge on any atom is 0.317 e. The number of urea groups is 1. The van der Waals surface area contributed by atoms with Crippen molar-refractivity contribution in [3.05, 3.63) is 65.0 Å². The van der Waals surface area contributed by atoms with E-state index in [0.29, 0.717) is 37.3 Å². The Bertz CT molecular complexity index is 902. The number of nitrogen functional groups attached to an aromatic ring is 1. The SMILES string of the molecule is Nc1ccc(CNC(=O)N2CCC3(CC2)CC(=O)c2cc(F)ccc2C3)cc1. The molecule has 0 bridgehead atoms. The first kappa shape index (κ1) is 18.5. The molecule has 2 aromatic carbocycles. The van der Waals surface area contributed by atoms with E-state index in [0.717, 1.165) is 30.4 Å². The molecule has 0 atom stereocenters. The number of anilines is 1. The summed E-state index contributed by atoms with van der Waals surface area (Å²) in [5.74, 6) is -0.349. The summed E-state index contributed by atoms with van der Waals surface area (Å²) in [6.45, 7) is 1.70. The average Bonchev–Trinajstić information content (AvgIpc) is 2.69. The standard InChI is InChI=1S/C22H24FN3O2/c23-17-4-3-16-12-22(13-20(27)19(16)11-17)7-9-26(10-8-22)21(28)25-14-15-1-5-18(24)6-2-15/h1-6,11H,7-10,12-14,24H2,(H,25,28). The van der Waals surface area contributed by atoms with E-state index in [-0.39, 0.29) is 23.0 Å². The van der Waals surface area contributed by atoms with Gasteiger partial charge >= 0.3 is 6.03 Å². The summed E-state index contributed by atoms with van der Waals surface area (Å²) in [6.07, 6.45) is 2.77. The quantitative estimate of drug-likeness (QED) is 0.782. The number of fused-ring (bicyclic) bond motifs is 1. The van der Waals surface area contributed by atoms with Gasteiger partial charge in [-0.05, 0) is 60.1 Å². The van der Waals surface area contributed by atoms with Crippen molar-refractivity contribution in [3.8, 4) is 0 Å². The van der Waals surface area contributed by atoms with Gasteiger partial charge in [0, 0.05) is 37.3 Å². The fraction of sp³-hybridized carbons (Fsp3) is 0.364. The van der Waals surface area contributed by atoms with Crippen LogP contribution in [0, 0.1) is 11.2 Å². The van der Waals surface area contributed by atoms with Crippen LogP contribution in [0.5, 0.6) is 0 Å². The van der Waals surface area contributed by atoms with Crippen molar-refractivity contribution in [2.24, 2.45) is 5.41 Å². The summed E-state index contributed by atoms with van der Waals surface area (Å²) < 4.78 is 13.4. The number of nitrogens with one attached hydrogen (secondary N) is 1. The molecule has 2 aromatic rings. The third-order valence-electron chi connectivity index (χ3n) is 6.01. The normalized spacial score (nSPS) is 18.0. The summed E-state index contributed by atoms with van der Waals surface area (Å²) in [4.78, 5) is 26.8. The van der Waals surface area contributed by atoms with Gasteiger partial charge in [-0.1, -0.05) is 18.2 Å². The van der Waals surface area contributed by atoms with Crippen molar-refractivity contribution >= 4 is 17.5 Å². The maximum absolute atomic E-state index is 13.4. The number of Topliss-reactive ketones (excluding diaryl/α,β-unsaturated/α-hetero) is 1. The molecule has 1 aliphatic carbocycles. The van der Waals surface area contributed by atoms with E-state index >= 15 is 0 Å². The summed E-state index contributed by atoms with van der Waals surface area (Å²) in [7, 11) is 0. The molecular weight excluding hydrogens is 357 g/mol. The Morgan fingerprint density at radius 3 is 2.54 bits per heavy atom. The van der Waals surface area contributed by atoms with E-state index in [4.69, 9.17) is 5.73 Å². The molecule has 28 heavy (non-hydrogen) atoms. The number of amides is 2. The van der Waals surface area contributed by atoms with E-state index < -0.39 is 0 Å². The van der Waals surface area contributed by atoms with Crippen LogP contribution in [0.1, 0.15) is 40.7 Å². The summed E-state index contributed by atoms with van der Waals surface area (Å²) in [5, 5.41) is 2.95. The van der Waals surface area contributed by atoms with Crippen LogP contribution in [0.2, 0.25) is 0 Å². The number of rotatable bonds is 2. The number of piperidine rings is 1. The zero-order valence-electron chi connectivity index (χ0n) is 15.7.